The molecule has 3 N–H and O–H groups in total. The fraction of sp³-hybridized carbons (Fsp3) is 0.643. The SMILES string of the molecule is Cn1cc(CCNC(=O)NC2CCCC2(C)C(=O)O)cn1. The van der Waals surface area contributed by atoms with Crippen molar-refractivity contribution in [3.63, 3.8) is 0 Å². The predicted octanol–water partition coefficient (Wildman–Crippen LogP) is 0.905. The van der Waals surface area contributed by atoms with Crippen molar-refractivity contribution in [2.24, 2.45) is 12.5 Å². The maximum Gasteiger partial charge on any atom is 0.315 e. The highest BCUT2D eigenvalue weighted by atomic mass is 16.4. The normalized spacial score (nSPS) is 24.8. The first-order valence-electron chi connectivity index (χ1n) is 7.17. The standard InChI is InChI=1S/C14H22N4O3/c1-14(12(19)20)6-3-4-11(14)17-13(21)15-7-5-10-8-16-18(2)9-10/h8-9,11H,3-7H2,1-2H3,(H,19,20)(H2,15,17,21). The number of carboxylic acid groups (broad SMARTS) is 1. The molecule has 0 radical (unpaired) electrons. The zero-order valence-corrected chi connectivity index (χ0v) is 12.4. The van der Waals surface area contributed by atoms with Crippen molar-refractivity contribution in [3.05, 3.63) is 18.0 Å². The second-order valence-corrected chi connectivity index (χ2v) is 5.84. The van der Waals surface area contributed by atoms with E-state index in [1.54, 1.807) is 17.8 Å². The highest BCUT2D eigenvalue weighted by molar-refractivity contribution is 5.79. The molecule has 1 saturated carbocycles. The fourth-order valence-electron chi connectivity index (χ4n) is 2.78. The van der Waals surface area contributed by atoms with Crippen LogP contribution in [0, 0.1) is 5.41 Å². The summed E-state index contributed by atoms with van der Waals surface area (Å²) in [5.41, 5.74) is 0.190. The minimum Gasteiger partial charge on any atom is -0.481 e. The van der Waals surface area contributed by atoms with Gasteiger partial charge in [-0.3, -0.25) is 9.48 Å². The molecule has 7 heteroatoms. The van der Waals surface area contributed by atoms with Gasteiger partial charge in [0, 0.05) is 25.8 Å². The molecule has 0 aliphatic heterocycles. The number of aliphatic carboxylic acids is 1. The van der Waals surface area contributed by atoms with Crippen molar-refractivity contribution in [2.45, 2.75) is 38.6 Å². The lowest BCUT2D eigenvalue weighted by molar-refractivity contribution is -0.148. The number of rotatable bonds is 5. The van der Waals surface area contributed by atoms with E-state index in [-0.39, 0.29) is 12.1 Å². The average Bonchev–Trinajstić information content (AvgIpc) is 2.98. The number of hydrogen-bond acceptors (Lipinski definition) is 3. The van der Waals surface area contributed by atoms with Gasteiger partial charge in [-0.25, -0.2) is 4.79 Å². The maximum atomic E-state index is 11.9. The summed E-state index contributed by atoms with van der Waals surface area (Å²) >= 11 is 0. The van der Waals surface area contributed by atoms with E-state index >= 15 is 0 Å². The summed E-state index contributed by atoms with van der Waals surface area (Å²) in [6.45, 7) is 2.19. The number of urea groups is 1. The molecule has 1 aromatic rings. The largest absolute Gasteiger partial charge is 0.481 e. The van der Waals surface area contributed by atoms with Gasteiger partial charge in [-0.1, -0.05) is 6.42 Å². The molecule has 1 aromatic heterocycles. The molecule has 2 rings (SSSR count). The molecular formula is C14H22N4O3. The van der Waals surface area contributed by atoms with E-state index in [2.05, 4.69) is 15.7 Å². The number of carbonyl (C=O) groups excluding carboxylic acids is 1. The molecule has 7 nitrogen and oxygen atoms in total. The number of amides is 2. The van der Waals surface area contributed by atoms with Gasteiger partial charge in [0.15, 0.2) is 0 Å². The van der Waals surface area contributed by atoms with E-state index < -0.39 is 11.4 Å². The number of aryl methyl sites for hydroxylation is 1. The van der Waals surface area contributed by atoms with E-state index in [1.165, 1.54) is 0 Å². The number of carboxylic acids is 1. The summed E-state index contributed by atoms with van der Waals surface area (Å²) in [5.74, 6) is -0.847. The minimum absolute atomic E-state index is 0.307. The van der Waals surface area contributed by atoms with Crippen molar-refractivity contribution in [2.75, 3.05) is 6.54 Å². The molecule has 1 aliphatic carbocycles. The van der Waals surface area contributed by atoms with E-state index in [4.69, 9.17) is 0 Å². The third-order valence-corrected chi connectivity index (χ3v) is 4.21. The Morgan fingerprint density at radius 2 is 2.33 bits per heavy atom. The molecule has 0 spiro atoms. The Morgan fingerprint density at radius 1 is 1.57 bits per heavy atom. The zero-order chi connectivity index (χ0) is 15.5. The van der Waals surface area contributed by atoms with Gasteiger partial charge in [0.1, 0.15) is 0 Å². The van der Waals surface area contributed by atoms with Crippen LogP contribution in [0.3, 0.4) is 0 Å². The third kappa shape index (κ3) is 3.53. The molecule has 2 amide bonds. The lowest BCUT2D eigenvalue weighted by Gasteiger charge is -2.27. The summed E-state index contributed by atoms with van der Waals surface area (Å²) < 4.78 is 1.71. The first kappa shape index (κ1) is 15.3. The van der Waals surface area contributed by atoms with Gasteiger partial charge in [-0.15, -0.1) is 0 Å². The van der Waals surface area contributed by atoms with Gasteiger partial charge in [-0.2, -0.15) is 5.10 Å². The Kier molecular flexibility index (Phi) is 4.50. The Balaban J connectivity index is 1.78. The number of aromatic nitrogens is 2. The monoisotopic (exact) mass is 294 g/mol. The molecule has 1 heterocycles. The van der Waals surface area contributed by atoms with Crippen LogP contribution in [0.2, 0.25) is 0 Å². The van der Waals surface area contributed by atoms with Crippen LogP contribution in [-0.4, -0.2) is 39.5 Å². The van der Waals surface area contributed by atoms with E-state index in [9.17, 15) is 14.7 Å². The summed E-state index contributed by atoms with van der Waals surface area (Å²) in [7, 11) is 1.84. The van der Waals surface area contributed by atoms with Crippen LogP contribution in [0.5, 0.6) is 0 Å². The van der Waals surface area contributed by atoms with Crippen LogP contribution in [-0.2, 0) is 18.3 Å². The van der Waals surface area contributed by atoms with Gasteiger partial charge in [0.2, 0.25) is 0 Å². The smallest absolute Gasteiger partial charge is 0.315 e. The Bertz CT molecular complexity index is 528. The van der Waals surface area contributed by atoms with Crippen LogP contribution in [0.25, 0.3) is 0 Å². The second-order valence-electron chi connectivity index (χ2n) is 5.84. The van der Waals surface area contributed by atoms with Crippen LogP contribution < -0.4 is 10.6 Å². The number of carbonyl (C=O) groups is 2. The molecule has 0 aromatic carbocycles. The van der Waals surface area contributed by atoms with Crippen molar-refractivity contribution in [1.29, 1.82) is 0 Å². The molecule has 0 saturated heterocycles. The summed E-state index contributed by atoms with van der Waals surface area (Å²) in [4.78, 5) is 23.2. The molecule has 2 unspecified atom stereocenters. The van der Waals surface area contributed by atoms with Crippen molar-refractivity contribution in [1.82, 2.24) is 20.4 Å². The van der Waals surface area contributed by atoms with Gasteiger partial charge in [0.25, 0.3) is 0 Å². The Hall–Kier alpha value is -2.05. The highest BCUT2D eigenvalue weighted by Gasteiger charge is 2.45. The van der Waals surface area contributed by atoms with Crippen molar-refractivity contribution in [3.8, 4) is 0 Å². The predicted molar refractivity (Wildman–Crippen MR) is 76.8 cm³/mol. The summed E-state index contributed by atoms with van der Waals surface area (Å²) in [6, 6.07) is -0.619. The lowest BCUT2D eigenvalue weighted by atomic mass is 9.85. The first-order chi connectivity index (χ1) is 9.91. The molecule has 116 valence electrons. The molecular weight excluding hydrogens is 272 g/mol. The second kappa shape index (κ2) is 6.15. The molecule has 1 aliphatic rings. The minimum atomic E-state index is -0.860. The average molecular weight is 294 g/mol. The Morgan fingerprint density at radius 3 is 2.95 bits per heavy atom. The number of nitrogens with one attached hydrogen (secondary N) is 2. The summed E-state index contributed by atoms with van der Waals surface area (Å²) in [5, 5.41) is 18.9. The molecule has 2 atom stereocenters. The van der Waals surface area contributed by atoms with Gasteiger partial charge in [-0.05, 0) is 31.7 Å². The Labute approximate surface area is 123 Å². The van der Waals surface area contributed by atoms with Gasteiger partial charge >= 0.3 is 12.0 Å². The molecule has 0 bridgehead atoms. The van der Waals surface area contributed by atoms with Gasteiger partial charge in [0.05, 0.1) is 11.6 Å². The van der Waals surface area contributed by atoms with E-state index in [0.29, 0.717) is 25.8 Å². The third-order valence-electron chi connectivity index (χ3n) is 4.21. The highest BCUT2D eigenvalue weighted by Crippen LogP contribution is 2.38. The van der Waals surface area contributed by atoms with E-state index in [0.717, 1.165) is 12.0 Å². The molecule has 21 heavy (non-hydrogen) atoms. The topological polar surface area (TPSA) is 96.2 Å². The van der Waals surface area contributed by atoms with Crippen LogP contribution >= 0.6 is 0 Å². The first-order valence-corrected chi connectivity index (χ1v) is 7.17. The summed E-state index contributed by atoms with van der Waals surface area (Å²) in [6.07, 6.45) is 6.49. The molecule has 1 fully saturated rings. The van der Waals surface area contributed by atoms with Crippen molar-refractivity contribution >= 4 is 12.0 Å². The van der Waals surface area contributed by atoms with Crippen LogP contribution in [0.15, 0.2) is 12.4 Å². The fourth-order valence-corrected chi connectivity index (χ4v) is 2.78. The zero-order valence-electron chi connectivity index (χ0n) is 12.4. The maximum absolute atomic E-state index is 11.9. The lowest BCUT2D eigenvalue weighted by Crippen LogP contribution is -2.50. The van der Waals surface area contributed by atoms with Crippen molar-refractivity contribution < 1.29 is 14.7 Å². The van der Waals surface area contributed by atoms with Crippen LogP contribution in [0.4, 0.5) is 4.79 Å². The van der Waals surface area contributed by atoms with E-state index in [1.807, 2.05) is 13.2 Å². The van der Waals surface area contributed by atoms with Gasteiger partial charge < -0.3 is 15.7 Å². The number of nitrogens with zero attached hydrogens (tertiary/aromatic N) is 2. The van der Waals surface area contributed by atoms with Crippen LogP contribution in [0.1, 0.15) is 31.7 Å². The quantitative estimate of drug-likeness (QED) is 0.752. The number of hydrogen-bond donors (Lipinski definition) is 3.